The molecule has 0 unspecified atom stereocenters. The van der Waals surface area contributed by atoms with Crippen LogP contribution in [0, 0.1) is 0 Å². The normalized spacial score (nSPS) is 11.1. The van der Waals surface area contributed by atoms with Gasteiger partial charge in [0.25, 0.3) is 0 Å². The lowest BCUT2D eigenvalue weighted by Gasteiger charge is -2.13. The predicted molar refractivity (Wildman–Crippen MR) is 119 cm³/mol. The molecule has 0 aliphatic rings. The van der Waals surface area contributed by atoms with Gasteiger partial charge >= 0.3 is 0 Å². The number of benzene rings is 1. The second-order valence-corrected chi connectivity index (χ2v) is 8.08. The summed E-state index contributed by atoms with van der Waals surface area (Å²) in [6.45, 7) is 4.63. The quantitative estimate of drug-likeness (QED) is 0.414. The molecule has 0 aliphatic carbocycles. The summed E-state index contributed by atoms with van der Waals surface area (Å²) in [6, 6.07) is 11.6. The molecule has 4 aromatic rings. The molecule has 1 amide bonds. The van der Waals surface area contributed by atoms with Gasteiger partial charge in [-0.2, -0.15) is 0 Å². The van der Waals surface area contributed by atoms with Gasteiger partial charge in [-0.05, 0) is 29.7 Å². The van der Waals surface area contributed by atoms with E-state index in [-0.39, 0.29) is 11.7 Å². The highest BCUT2D eigenvalue weighted by molar-refractivity contribution is 7.99. The van der Waals surface area contributed by atoms with E-state index in [0.29, 0.717) is 29.1 Å². The Labute approximate surface area is 184 Å². The maximum absolute atomic E-state index is 12.6. The van der Waals surface area contributed by atoms with Crippen LogP contribution in [-0.2, 0) is 11.3 Å². The van der Waals surface area contributed by atoms with Gasteiger partial charge < -0.3 is 9.73 Å². The highest BCUT2D eigenvalue weighted by Gasteiger charge is 2.18. The molecule has 3 heterocycles. The fourth-order valence-corrected chi connectivity index (χ4v) is 3.87. The van der Waals surface area contributed by atoms with E-state index in [9.17, 15) is 4.79 Å². The molecule has 3 aromatic heterocycles. The standard InChI is InChI=1S/C22H22N6O2S/c1-15(2)17-7-3-4-8-18(17)25-20(29)14-31-22-27-26-21(19-12-23-9-10-24-19)28(22)13-16-6-5-11-30-16/h3-12,15H,13-14H2,1-2H3,(H,25,29). The van der Waals surface area contributed by atoms with Crippen LogP contribution in [0.25, 0.3) is 11.5 Å². The number of carbonyl (C=O) groups is 1. The number of carbonyl (C=O) groups excluding carboxylic acids is 1. The van der Waals surface area contributed by atoms with Crippen LogP contribution in [0.5, 0.6) is 0 Å². The van der Waals surface area contributed by atoms with E-state index in [1.807, 2.05) is 41.0 Å². The van der Waals surface area contributed by atoms with E-state index in [1.165, 1.54) is 11.8 Å². The largest absolute Gasteiger partial charge is 0.467 e. The van der Waals surface area contributed by atoms with Crippen molar-refractivity contribution in [3.63, 3.8) is 0 Å². The van der Waals surface area contributed by atoms with Crippen LogP contribution >= 0.6 is 11.8 Å². The summed E-state index contributed by atoms with van der Waals surface area (Å²) in [4.78, 5) is 21.1. The smallest absolute Gasteiger partial charge is 0.234 e. The minimum Gasteiger partial charge on any atom is -0.467 e. The summed E-state index contributed by atoms with van der Waals surface area (Å²) < 4.78 is 7.37. The molecule has 0 saturated heterocycles. The van der Waals surface area contributed by atoms with Crippen molar-refractivity contribution in [3.05, 3.63) is 72.6 Å². The molecule has 0 fully saturated rings. The van der Waals surface area contributed by atoms with Gasteiger partial charge in [-0.1, -0.05) is 43.8 Å². The van der Waals surface area contributed by atoms with Gasteiger partial charge in [-0.15, -0.1) is 10.2 Å². The molecule has 8 nitrogen and oxygen atoms in total. The van der Waals surface area contributed by atoms with Crippen molar-refractivity contribution in [2.45, 2.75) is 31.5 Å². The molecule has 0 saturated carbocycles. The molecule has 0 atom stereocenters. The minimum atomic E-state index is -0.105. The Hall–Kier alpha value is -3.46. The number of hydrogen-bond acceptors (Lipinski definition) is 7. The highest BCUT2D eigenvalue weighted by atomic mass is 32.2. The second-order valence-electron chi connectivity index (χ2n) is 7.14. The summed E-state index contributed by atoms with van der Waals surface area (Å²) >= 11 is 1.31. The first-order valence-corrected chi connectivity index (χ1v) is 10.8. The number of rotatable bonds is 8. The third-order valence-corrected chi connectivity index (χ3v) is 5.56. The number of aromatic nitrogens is 5. The highest BCUT2D eigenvalue weighted by Crippen LogP contribution is 2.26. The first-order chi connectivity index (χ1) is 15.1. The molecule has 31 heavy (non-hydrogen) atoms. The summed E-state index contributed by atoms with van der Waals surface area (Å²) in [5.41, 5.74) is 2.54. The van der Waals surface area contributed by atoms with E-state index in [4.69, 9.17) is 4.42 Å². The predicted octanol–water partition coefficient (Wildman–Crippen LogP) is 4.23. The molecule has 1 N–H and O–H groups in total. The lowest BCUT2D eigenvalue weighted by molar-refractivity contribution is -0.113. The average molecular weight is 435 g/mol. The van der Waals surface area contributed by atoms with Gasteiger partial charge in [0.1, 0.15) is 11.5 Å². The number of amides is 1. The molecule has 9 heteroatoms. The van der Waals surface area contributed by atoms with Gasteiger partial charge in [0.15, 0.2) is 11.0 Å². The molecular formula is C22H22N6O2S. The van der Waals surface area contributed by atoms with E-state index >= 15 is 0 Å². The van der Waals surface area contributed by atoms with Crippen molar-refractivity contribution < 1.29 is 9.21 Å². The van der Waals surface area contributed by atoms with Gasteiger partial charge in [0.05, 0.1) is 24.8 Å². The third kappa shape index (κ3) is 5.00. The Morgan fingerprint density at radius 1 is 1.16 bits per heavy atom. The van der Waals surface area contributed by atoms with E-state index in [1.54, 1.807) is 24.9 Å². The zero-order chi connectivity index (χ0) is 21.6. The number of thioether (sulfide) groups is 1. The molecule has 1 aromatic carbocycles. The van der Waals surface area contributed by atoms with Crippen LogP contribution in [-0.4, -0.2) is 36.4 Å². The number of hydrogen-bond donors (Lipinski definition) is 1. The van der Waals surface area contributed by atoms with Crippen molar-refractivity contribution in [2.24, 2.45) is 0 Å². The Morgan fingerprint density at radius 2 is 2.03 bits per heavy atom. The zero-order valence-electron chi connectivity index (χ0n) is 17.2. The lowest BCUT2D eigenvalue weighted by Crippen LogP contribution is -2.16. The fraction of sp³-hybridized carbons (Fsp3) is 0.227. The second kappa shape index (κ2) is 9.57. The van der Waals surface area contributed by atoms with E-state index in [2.05, 4.69) is 39.3 Å². The monoisotopic (exact) mass is 434 g/mol. The summed E-state index contributed by atoms with van der Waals surface area (Å²) in [6.07, 6.45) is 6.46. The van der Waals surface area contributed by atoms with Crippen LogP contribution in [0.1, 0.15) is 31.1 Å². The molecule has 0 spiro atoms. The Morgan fingerprint density at radius 3 is 2.77 bits per heavy atom. The molecule has 0 radical (unpaired) electrons. The van der Waals surface area contributed by atoms with Gasteiger partial charge in [0.2, 0.25) is 5.91 Å². The third-order valence-electron chi connectivity index (χ3n) is 4.59. The number of nitrogens with one attached hydrogen (secondary N) is 1. The van der Waals surface area contributed by atoms with Gasteiger partial charge in [-0.3, -0.25) is 14.3 Å². The van der Waals surface area contributed by atoms with Gasteiger partial charge in [0, 0.05) is 18.1 Å². The number of furan rings is 1. The average Bonchev–Trinajstić information content (AvgIpc) is 3.43. The van der Waals surface area contributed by atoms with Crippen LogP contribution in [0.4, 0.5) is 5.69 Å². The Balaban J connectivity index is 1.52. The van der Waals surface area contributed by atoms with Crippen molar-refractivity contribution in [1.82, 2.24) is 24.7 Å². The number of nitrogens with zero attached hydrogens (tertiary/aromatic N) is 5. The maximum Gasteiger partial charge on any atom is 0.234 e. The van der Waals surface area contributed by atoms with Crippen LogP contribution < -0.4 is 5.32 Å². The first kappa shape index (κ1) is 20.8. The number of anilines is 1. The minimum absolute atomic E-state index is 0.105. The lowest BCUT2D eigenvalue weighted by atomic mass is 10.0. The topological polar surface area (TPSA) is 98.7 Å². The maximum atomic E-state index is 12.6. The molecular weight excluding hydrogens is 412 g/mol. The summed E-state index contributed by atoms with van der Waals surface area (Å²) in [7, 11) is 0. The molecule has 0 aliphatic heterocycles. The SMILES string of the molecule is CC(C)c1ccccc1NC(=O)CSc1nnc(-c2cnccn2)n1Cc1ccco1. The first-order valence-electron chi connectivity index (χ1n) is 9.85. The summed E-state index contributed by atoms with van der Waals surface area (Å²) in [5, 5.41) is 12.2. The molecule has 4 rings (SSSR count). The van der Waals surface area contributed by atoms with E-state index in [0.717, 1.165) is 17.0 Å². The van der Waals surface area contributed by atoms with E-state index < -0.39 is 0 Å². The van der Waals surface area contributed by atoms with Gasteiger partial charge in [-0.25, -0.2) is 4.98 Å². The van der Waals surface area contributed by atoms with Crippen LogP contribution in [0.15, 0.2) is 70.8 Å². The van der Waals surface area contributed by atoms with Crippen LogP contribution in [0.2, 0.25) is 0 Å². The Kier molecular flexibility index (Phi) is 6.42. The van der Waals surface area contributed by atoms with Crippen molar-refractivity contribution in [2.75, 3.05) is 11.1 Å². The molecule has 158 valence electrons. The number of para-hydroxylation sites is 1. The zero-order valence-corrected chi connectivity index (χ0v) is 18.0. The summed E-state index contributed by atoms with van der Waals surface area (Å²) in [5.74, 6) is 1.73. The Bertz CT molecular complexity index is 1140. The molecule has 0 bridgehead atoms. The van der Waals surface area contributed by atoms with Crippen molar-refractivity contribution >= 4 is 23.4 Å². The van der Waals surface area contributed by atoms with Crippen molar-refractivity contribution in [3.8, 4) is 11.5 Å². The van der Waals surface area contributed by atoms with Crippen molar-refractivity contribution in [1.29, 1.82) is 0 Å². The van der Waals surface area contributed by atoms with Crippen LogP contribution in [0.3, 0.4) is 0 Å². The fourth-order valence-electron chi connectivity index (χ4n) is 3.13.